The van der Waals surface area contributed by atoms with Gasteiger partial charge in [-0.2, -0.15) is 0 Å². The largest absolute Gasteiger partial charge is 0.379 e. The van der Waals surface area contributed by atoms with Gasteiger partial charge < -0.3 is 52.1 Å². The van der Waals surface area contributed by atoms with E-state index in [1.54, 1.807) is 0 Å². The Morgan fingerprint density at radius 1 is 0.178 bits per heavy atom. The first-order valence-electron chi connectivity index (χ1n) is 17.8. The molecule has 0 bridgehead atoms. The van der Waals surface area contributed by atoms with Crippen LogP contribution in [0.3, 0.4) is 0 Å². The Morgan fingerprint density at radius 3 is 0.556 bits per heavy atom. The maximum atomic E-state index is 5.59. The molecule has 0 aromatic carbocycles. The van der Waals surface area contributed by atoms with Crippen molar-refractivity contribution in [3.8, 4) is 0 Å². The molecule has 0 aliphatic rings. The van der Waals surface area contributed by atoms with Crippen molar-refractivity contribution in [3.05, 3.63) is 0 Å². The zero-order valence-electron chi connectivity index (χ0n) is 29.1. The van der Waals surface area contributed by atoms with E-state index in [-0.39, 0.29) is 0 Å². The minimum atomic E-state index is 0.528. The van der Waals surface area contributed by atoms with E-state index in [2.05, 4.69) is 13.8 Å². The van der Waals surface area contributed by atoms with E-state index in [4.69, 9.17) is 52.1 Å². The van der Waals surface area contributed by atoms with Gasteiger partial charge in [-0.15, -0.1) is 0 Å². The second-order valence-electron chi connectivity index (χ2n) is 10.6. The Hall–Kier alpha value is -0.440. The van der Waals surface area contributed by atoms with Crippen molar-refractivity contribution in [2.75, 3.05) is 145 Å². The first-order chi connectivity index (χ1) is 22.4. The first kappa shape index (κ1) is 44.6. The highest BCUT2D eigenvalue weighted by molar-refractivity contribution is 4.44. The van der Waals surface area contributed by atoms with Crippen molar-refractivity contribution in [2.45, 2.75) is 78.1 Å². The van der Waals surface area contributed by atoms with Crippen molar-refractivity contribution in [1.29, 1.82) is 0 Å². The molecule has 0 saturated carbocycles. The number of hydrogen-bond donors (Lipinski definition) is 0. The Bertz CT molecular complexity index is 461. The molecule has 0 radical (unpaired) electrons. The molecular weight excluding hydrogens is 584 g/mol. The van der Waals surface area contributed by atoms with Crippen LogP contribution in [0.2, 0.25) is 0 Å². The molecule has 0 atom stereocenters. The minimum absolute atomic E-state index is 0.528. The average Bonchev–Trinajstić information content (AvgIpc) is 3.05. The van der Waals surface area contributed by atoms with Crippen LogP contribution >= 0.6 is 0 Å². The molecule has 0 aromatic heterocycles. The summed E-state index contributed by atoms with van der Waals surface area (Å²) in [5.74, 6) is 0. The standard InChI is InChI=1S/C34H70O11/c1-3-5-7-9-10-12-14-36-16-18-38-20-22-40-24-26-42-28-30-44-32-34-45-33-31-43-29-27-41-25-23-39-21-19-37-17-15-35-13-11-8-6-4-2/h3-34H2,1-2H3. The monoisotopic (exact) mass is 654 g/mol. The van der Waals surface area contributed by atoms with Crippen LogP contribution in [0, 0.1) is 0 Å². The highest BCUT2D eigenvalue weighted by Crippen LogP contribution is 2.04. The second-order valence-corrected chi connectivity index (χ2v) is 10.6. The zero-order chi connectivity index (χ0) is 32.4. The van der Waals surface area contributed by atoms with Gasteiger partial charge in [-0.3, -0.25) is 0 Å². The molecule has 0 aliphatic heterocycles. The van der Waals surface area contributed by atoms with E-state index in [9.17, 15) is 0 Å². The fraction of sp³-hybridized carbons (Fsp3) is 1.00. The summed E-state index contributed by atoms with van der Waals surface area (Å²) < 4.78 is 60.6. The van der Waals surface area contributed by atoms with Crippen molar-refractivity contribution in [2.24, 2.45) is 0 Å². The third-order valence-corrected chi connectivity index (χ3v) is 6.50. The van der Waals surface area contributed by atoms with E-state index in [0.717, 1.165) is 26.1 Å². The molecule has 11 heteroatoms. The number of ether oxygens (including phenoxy) is 11. The van der Waals surface area contributed by atoms with Crippen molar-refractivity contribution < 1.29 is 52.1 Å². The quantitative estimate of drug-likeness (QED) is 0.0821. The van der Waals surface area contributed by atoms with Gasteiger partial charge in [0.15, 0.2) is 0 Å². The van der Waals surface area contributed by atoms with Crippen LogP contribution in [0.5, 0.6) is 0 Å². The van der Waals surface area contributed by atoms with Gasteiger partial charge in [-0.05, 0) is 12.8 Å². The van der Waals surface area contributed by atoms with Crippen LogP contribution in [0.25, 0.3) is 0 Å². The third-order valence-electron chi connectivity index (χ3n) is 6.50. The molecule has 272 valence electrons. The molecule has 0 amide bonds. The Balaban J connectivity index is 3.03. The SMILES string of the molecule is CCCCCCCCOCCOCCOCCOCCOCCOCCOCCOCCOCCOCCOCCCCCC. The second kappa shape index (κ2) is 43.6. The molecule has 0 rings (SSSR count). The Kier molecular flexibility index (Phi) is 43.1. The molecule has 0 aliphatic carbocycles. The molecule has 0 N–H and O–H groups in total. The molecule has 0 saturated heterocycles. The van der Waals surface area contributed by atoms with Crippen LogP contribution < -0.4 is 0 Å². The first-order valence-corrected chi connectivity index (χ1v) is 17.8. The highest BCUT2D eigenvalue weighted by Gasteiger charge is 1.97. The smallest absolute Gasteiger partial charge is 0.0701 e. The summed E-state index contributed by atoms with van der Waals surface area (Å²) >= 11 is 0. The summed E-state index contributed by atoms with van der Waals surface area (Å²) in [4.78, 5) is 0. The van der Waals surface area contributed by atoms with E-state index >= 15 is 0 Å². The fourth-order valence-electron chi connectivity index (χ4n) is 3.92. The van der Waals surface area contributed by atoms with Crippen LogP contribution in [-0.2, 0) is 52.1 Å². The lowest BCUT2D eigenvalue weighted by Crippen LogP contribution is -2.15. The molecule has 0 spiro atoms. The van der Waals surface area contributed by atoms with Crippen LogP contribution in [-0.4, -0.2) is 145 Å². The molecule has 0 unspecified atom stereocenters. The summed E-state index contributed by atoms with van der Waals surface area (Å²) in [5, 5.41) is 0. The van der Waals surface area contributed by atoms with Gasteiger partial charge in [-0.1, -0.05) is 65.2 Å². The van der Waals surface area contributed by atoms with Crippen LogP contribution in [0.1, 0.15) is 78.1 Å². The lowest BCUT2D eigenvalue weighted by Gasteiger charge is -2.09. The summed E-state index contributed by atoms with van der Waals surface area (Å²) in [6.45, 7) is 17.3. The summed E-state index contributed by atoms with van der Waals surface area (Å²) in [7, 11) is 0. The molecule has 0 fully saturated rings. The maximum absolute atomic E-state index is 5.59. The zero-order valence-corrected chi connectivity index (χ0v) is 29.1. The van der Waals surface area contributed by atoms with E-state index < -0.39 is 0 Å². The van der Waals surface area contributed by atoms with Gasteiger partial charge in [0.25, 0.3) is 0 Å². The van der Waals surface area contributed by atoms with Crippen molar-refractivity contribution >= 4 is 0 Å². The molecular formula is C34H70O11. The molecule has 0 heterocycles. The molecule has 11 nitrogen and oxygen atoms in total. The molecule has 0 aromatic rings. The fourth-order valence-corrected chi connectivity index (χ4v) is 3.92. The maximum Gasteiger partial charge on any atom is 0.0701 e. The van der Waals surface area contributed by atoms with Crippen LogP contribution in [0.4, 0.5) is 0 Å². The average molecular weight is 655 g/mol. The normalized spacial score (nSPS) is 11.6. The Labute approximate surface area is 275 Å². The van der Waals surface area contributed by atoms with Gasteiger partial charge in [-0.25, -0.2) is 0 Å². The molecule has 45 heavy (non-hydrogen) atoms. The van der Waals surface area contributed by atoms with Gasteiger partial charge in [0.05, 0.1) is 132 Å². The number of hydrogen-bond acceptors (Lipinski definition) is 11. The number of rotatable bonds is 42. The third kappa shape index (κ3) is 43.6. The lowest BCUT2D eigenvalue weighted by molar-refractivity contribution is -0.0275. The van der Waals surface area contributed by atoms with Gasteiger partial charge in [0, 0.05) is 13.2 Å². The summed E-state index contributed by atoms with van der Waals surface area (Å²) in [6, 6.07) is 0. The van der Waals surface area contributed by atoms with Crippen LogP contribution in [0.15, 0.2) is 0 Å². The lowest BCUT2D eigenvalue weighted by atomic mass is 10.1. The van der Waals surface area contributed by atoms with Gasteiger partial charge >= 0.3 is 0 Å². The van der Waals surface area contributed by atoms with Crippen molar-refractivity contribution in [3.63, 3.8) is 0 Å². The van der Waals surface area contributed by atoms with E-state index in [1.807, 2.05) is 0 Å². The highest BCUT2D eigenvalue weighted by atomic mass is 16.6. The van der Waals surface area contributed by atoms with E-state index in [1.165, 1.54) is 51.4 Å². The van der Waals surface area contributed by atoms with E-state index in [0.29, 0.717) is 132 Å². The minimum Gasteiger partial charge on any atom is -0.379 e. The predicted octanol–water partition coefficient (Wildman–Crippen LogP) is 5.11. The van der Waals surface area contributed by atoms with Gasteiger partial charge in [0.2, 0.25) is 0 Å². The number of unbranched alkanes of at least 4 members (excludes halogenated alkanes) is 8. The Morgan fingerprint density at radius 2 is 0.333 bits per heavy atom. The van der Waals surface area contributed by atoms with Gasteiger partial charge in [0.1, 0.15) is 0 Å². The summed E-state index contributed by atoms with van der Waals surface area (Å²) in [5.41, 5.74) is 0. The predicted molar refractivity (Wildman–Crippen MR) is 177 cm³/mol. The summed E-state index contributed by atoms with van der Waals surface area (Å²) in [6.07, 6.45) is 12.6. The topological polar surface area (TPSA) is 102 Å². The van der Waals surface area contributed by atoms with Crippen molar-refractivity contribution in [1.82, 2.24) is 0 Å².